The molecule has 8 heteroatoms. The van der Waals surface area contributed by atoms with Crippen molar-refractivity contribution in [3.8, 4) is 0 Å². The third-order valence-electron chi connectivity index (χ3n) is 6.83. The molecule has 174 valence electrons. The summed E-state index contributed by atoms with van der Waals surface area (Å²) >= 11 is 13.7. The van der Waals surface area contributed by atoms with Crippen molar-refractivity contribution in [1.29, 1.82) is 0 Å². The molecule has 2 aliphatic heterocycles. The van der Waals surface area contributed by atoms with E-state index in [-0.39, 0.29) is 11.9 Å². The second kappa shape index (κ2) is 9.53. The van der Waals surface area contributed by atoms with Gasteiger partial charge in [-0.3, -0.25) is 14.6 Å². The summed E-state index contributed by atoms with van der Waals surface area (Å²) in [6.07, 6.45) is -0.527. The molecule has 33 heavy (non-hydrogen) atoms. The number of nitrogens with zero attached hydrogens (tertiary/aromatic N) is 3. The van der Waals surface area contributed by atoms with Crippen LogP contribution in [0.4, 0.5) is 0 Å². The summed E-state index contributed by atoms with van der Waals surface area (Å²) < 4.78 is 1.06. The summed E-state index contributed by atoms with van der Waals surface area (Å²) in [5, 5.41) is 13.3. The fourth-order valence-electron chi connectivity index (χ4n) is 4.94. The minimum atomic E-state index is -0.527. The van der Waals surface area contributed by atoms with Crippen LogP contribution in [0, 0.1) is 6.92 Å². The molecule has 0 unspecified atom stereocenters. The minimum Gasteiger partial charge on any atom is -0.390 e. The number of hydrogen-bond acceptors (Lipinski definition) is 5. The molecule has 2 saturated heterocycles. The van der Waals surface area contributed by atoms with E-state index < -0.39 is 6.10 Å². The van der Waals surface area contributed by atoms with Crippen LogP contribution in [0.2, 0.25) is 10.0 Å². The topological polar surface area (TPSA) is 47.0 Å². The first kappa shape index (κ1) is 23.1. The zero-order chi connectivity index (χ0) is 23.1. The molecule has 5 rings (SSSR count). The van der Waals surface area contributed by atoms with Crippen molar-refractivity contribution in [2.45, 2.75) is 25.6 Å². The number of β-amino-alcohol motifs (C(OH)–C–C–N with tert-alkyl or cyclic N) is 1. The number of fused-ring (bicyclic) bond motifs is 1. The monoisotopic (exact) mass is 503 g/mol. The largest absolute Gasteiger partial charge is 0.390 e. The van der Waals surface area contributed by atoms with Crippen LogP contribution in [-0.4, -0.2) is 77.1 Å². The van der Waals surface area contributed by atoms with Gasteiger partial charge in [0.15, 0.2) is 0 Å². The van der Waals surface area contributed by atoms with Crippen LogP contribution in [0.15, 0.2) is 42.5 Å². The second-order valence-corrected chi connectivity index (χ2v) is 10.9. The fourth-order valence-corrected chi connectivity index (χ4v) is 6.39. The van der Waals surface area contributed by atoms with E-state index in [4.69, 9.17) is 23.2 Å². The molecule has 3 heterocycles. The predicted octanol–water partition coefficient (Wildman–Crippen LogP) is 4.52. The van der Waals surface area contributed by atoms with Gasteiger partial charge in [-0.05, 0) is 53.8 Å². The number of carbonyl (C=O) groups is 1. The highest BCUT2D eigenvalue weighted by Crippen LogP contribution is 2.34. The van der Waals surface area contributed by atoms with E-state index in [1.165, 1.54) is 16.9 Å². The maximum atomic E-state index is 13.3. The number of aliphatic hydroxyl groups is 1. The van der Waals surface area contributed by atoms with E-state index >= 15 is 0 Å². The number of thiophene rings is 1. The zero-order valence-electron chi connectivity index (χ0n) is 18.5. The minimum absolute atomic E-state index is 0.00717. The van der Waals surface area contributed by atoms with E-state index in [2.05, 4.69) is 21.9 Å². The van der Waals surface area contributed by atoms with Crippen molar-refractivity contribution >= 4 is 50.5 Å². The van der Waals surface area contributed by atoms with Crippen LogP contribution < -0.4 is 0 Å². The van der Waals surface area contributed by atoms with Crippen molar-refractivity contribution in [3.05, 3.63) is 68.5 Å². The lowest BCUT2D eigenvalue weighted by Crippen LogP contribution is -2.53. The molecule has 0 bridgehead atoms. The highest BCUT2D eigenvalue weighted by atomic mass is 35.5. The number of hydrogen-bond donors (Lipinski definition) is 1. The first-order chi connectivity index (χ1) is 15.9. The van der Waals surface area contributed by atoms with Gasteiger partial charge in [0.05, 0.1) is 17.0 Å². The first-order valence-electron chi connectivity index (χ1n) is 11.3. The van der Waals surface area contributed by atoms with Crippen molar-refractivity contribution in [2.24, 2.45) is 0 Å². The van der Waals surface area contributed by atoms with Crippen LogP contribution in [0.3, 0.4) is 0 Å². The molecule has 0 radical (unpaired) electrons. The highest BCUT2D eigenvalue weighted by Gasteiger charge is 2.39. The normalized spacial score (nSPS) is 22.4. The van der Waals surface area contributed by atoms with Gasteiger partial charge in [-0.1, -0.05) is 35.3 Å². The van der Waals surface area contributed by atoms with E-state index in [9.17, 15) is 9.90 Å². The van der Waals surface area contributed by atoms with Crippen LogP contribution in [0.1, 0.15) is 20.8 Å². The Morgan fingerprint density at radius 3 is 2.45 bits per heavy atom. The molecule has 5 nitrogen and oxygen atoms in total. The van der Waals surface area contributed by atoms with Gasteiger partial charge < -0.3 is 10.0 Å². The Bertz CT molecular complexity index is 1160. The number of rotatable bonds is 4. The smallest absolute Gasteiger partial charge is 0.264 e. The highest BCUT2D eigenvalue weighted by molar-refractivity contribution is 7.21. The fraction of sp³-hybridized carbons (Fsp3) is 0.400. The number of amides is 1. The van der Waals surface area contributed by atoms with Gasteiger partial charge in [-0.2, -0.15) is 0 Å². The quantitative estimate of drug-likeness (QED) is 0.568. The molecule has 1 N–H and O–H groups in total. The van der Waals surface area contributed by atoms with Crippen molar-refractivity contribution in [3.63, 3.8) is 0 Å². The third-order valence-corrected chi connectivity index (χ3v) is 8.58. The summed E-state index contributed by atoms with van der Waals surface area (Å²) in [5.74, 6) is 0.00717. The maximum absolute atomic E-state index is 13.3. The summed E-state index contributed by atoms with van der Waals surface area (Å²) in [5.41, 5.74) is 2.22. The lowest BCUT2D eigenvalue weighted by molar-refractivity contribution is 0.0423. The molecule has 2 atom stereocenters. The summed E-state index contributed by atoms with van der Waals surface area (Å²) in [6, 6.07) is 13.7. The lowest BCUT2D eigenvalue weighted by Gasteiger charge is -2.38. The average Bonchev–Trinajstić information content (AvgIpc) is 3.35. The maximum Gasteiger partial charge on any atom is 0.264 e. The molecule has 0 saturated carbocycles. The predicted molar refractivity (Wildman–Crippen MR) is 136 cm³/mol. The number of aliphatic hydroxyl groups excluding tert-OH is 1. The van der Waals surface area contributed by atoms with Gasteiger partial charge in [0, 0.05) is 60.6 Å². The summed E-state index contributed by atoms with van der Waals surface area (Å²) in [4.78, 5) is 20.7. The number of aryl methyl sites for hydroxylation is 1. The Labute approximate surface area is 208 Å². The van der Waals surface area contributed by atoms with Crippen LogP contribution in [-0.2, 0) is 6.54 Å². The van der Waals surface area contributed by atoms with Gasteiger partial charge in [0.2, 0.25) is 0 Å². The molecule has 1 aromatic heterocycles. The molecule has 2 fully saturated rings. The van der Waals surface area contributed by atoms with Crippen LogP contribution in [0.25, 0.3) is 10.1 Å². The Morgan fingerprint density at radius 1 is 1.03 bits per heavy atom. The van der Waals surface area contributed by atoms with E-state index in [1.807, 2.05) is 42.2 Å². The van der Waals surface area contributed by atoms with Gasteiger partial charge in [0.25, 0.3) is 5.91 Å². The Kier molecular flexibility index (Phi) is 6.67. The SMILES string of the molecule is Cc1c(C(=O)N2C[C@H](O)[C@@H](N3CCN(Cc4ccc(Cl)cc4)CC3)C2)sc2ccc(Cl)cc12. The molecule has 2 aromatic carbocycles. The molecular weight excluding hydrogens is 477 g/mol. The van der Waals surface area contributed by atoms with Crippen molar-refractivity contribution in [1.82, 2.24) is 14.7 Å². The lowest BCUT2D eigenvalue weighted by atomic mass is 10.1. The summed E-state index contributed by atoms with van der Waals surface area (Å²) in [6.45, 7) is 7.47. The molecule has 1 amide bonds. The van der Waals surface area contributed by atoms with Crippen LogP contribution in [0.5, 0.6) is 0 Å². The number of piperazine rings is 1. The van der Waals surface area contributed by atoms with Gasteiger partial charge in [-0.15, -0.1) is 11.3 Å². The number of benzene rings is 2. The standard InChI is InChI=1S/C25H27Cl2N3O2S/c1-16-20-12-19(27)6-7-23(20)33-24(16)25(32)30-14-21(22(31)15-30)29-10-8-28(9-11-29)13-17-2-4-18(26)5-3-17/h2-7,12,21-22,31H,8-11,13-15H2,1H3/t21-,22-/m0/s1. The number of halogens is 2. The van der Waals surface area contributed by atoms with E-state index in [0.717, 1.165) is 58.3 Å². The van der Waals surface area contributed by atoms with E-state index in [0.29, 0.717) is 18.1 Å². The average molecular weight is 504 g/mol. The molecule has 0 aliphatic carbocycles. The van der Waals surface area contributed by atoms with Crippen molar-refractivity contribution in [2.75, 3.05) is 39.3 Å². The Morgan fingerprint density at radius 2 is 1.73 bits per heavy atom. The number of carbonyl (C=O) groups excluding carboxylic acids is 1. The van der Waals surface area contributed by atoms with Gasteiger partial charge in [-0.25, -0.2) is 0 Å². The summed E-state index contributed by atoms with van der Waals surface area (Å²) in [7, 11) is 0. The van der Waals surface area contributed by atoms with Gasteiger partial charge in [0.1, 0.15) is 0 Å². The second-order valence-electron chi connectivity index (χ2n) is 8.98. The molecular formula is C25H27Cl2N3O2S. The first-order valence-corrected chi connectivity index (χ1v) is 12.8. The molecule has 2 aliphatic rings. The number of likely N-dealkylation sites (tertiary alicyclic amines) is 1. The Hall–Kier alpha value is -1.67. The van der Waals surface area contributed by atoms with Crippen LogP contribution >= 0.6 is 34.5 Å². The zero-order valence-corrected chi connectivity index (χ0v) is 20.8. The Balaban J connectivity index is 1.21. The third kappa shape index (κ3) is 4.78. The van der Waals surface area contributed by atoms with E-state index in [1.54, 1.807) is 0 Å². The molecule has 3 aromatic rings. The van der Waals surface area contributed by atoms with Gasteiger partial charge >= 0.3 is 0 Å². The molecule has 0 spiro atoms. The van der Waals surface area contributed by atoms with Crippen molar-refractivity contribution < 1.29 is 9.90 Å².